The largest absolute Gasteiger partial charge is 0.284 e. The van der Waals surface area contributed by atoms with Crippen molar-refractivity contribution in [1.29, 1.82) is 0 Å². The summed E-state index contributed by atoms with van der Waals surface area (Å²) in [6.07, 6.45) is 3.61. The summed E-state index contributed by atoms with van der Waals surface area (Å²) in [5, 5.41) is 4.18. The van der Waals surface area contributed by atoms with E-state index in [-0.39, 0.29) is 5.75 Å². The Bertz CT molecular complexity index is 689. The van der Waals surface area contributed by atoms with E-state index in [1.54, 1.807) is 48.4 Å². The van der Waals surface area contributed by atoms with Gasteiger partial charge in [-0.05, 0) is 30.7 Å². The van der Waals surface area contributed by atoms with Gasteiger partial charge in [-0.25, -0.2) is 13.4 Å². The quantitative estimate of drug-likeness (QED) is 0.824. The molecule has 6 nitrogen and oxygen atoms in total. The van der Waals surface area contributed by atoms with E-state index in [2.05, 4.69) is 21.4 Å². The van der Waals surface area contributed by atoms with Crippen molar-refractivity contribution in [2.45, 2.75) is 6.42 Å². The van der Waals surface area contributed by atoms with E-state index in [0.29, 0.717) is 17.9 Å². The fourth-order valence-corrected chi connectivity index (χ4v) is 2.70. The topological polar surface area (TPSA) is 76.9 Å². The predicted octanol–water partition coefficient (Wildman–Crippen LogP) is 1.80. The normalized spacial score (nSPS) is 11.2. The average Bonchev–Trinajstić information content (AvgIpc) is 2.84. The number of hydrogen-bond acceptors (Lipinski definition) is 4. The lowest BCUT2D eigenvalue weighted by Crippen LogP contribution is -2.16. The van der Waals surface area contributed by atoms with Gasteiger partial charge in [0, 0.05) is 18.3 Å². The Morgan fingerprint density at radius 3 is 2.60 bits per heavy atom. The van der Waals surface area contributed by atoms with Crippen molar-refractivity contribution in [1.82, 2.24) is 14.8 Å². The molecule has 0 spiro atoms. The lowest BCUT2D eigenvalue weighted by atomic mass is 10.2. The molecule has 0 amide bonds. The Morgan fingerprint density at radius 1 is 1.35 bits per heavy atom. The van der Waals surface area contributed by atoms with Gasteiger partial charge in [0.15, 0.2) is 5.82 Å². The molecule has 1 N–H and O–H groups in total. The first-order chi connectivity index (χ1) is 9.50. The minimum Gasteiger partial charge on any atom is -0.284 e. The molecule has 106 valence electrons. The van der Waals surface area contributed by atoms with Gasteiger partial charge in [-0.1, -0.05) is 6.08 Å². The molecule has 0 aliphatic rings. The Balaban J connectivity index is 2.11. The van der Waals surface area contributed by atoms with E-state index < -0.39 is 10.0 Å². The molecule has 1 aromatic carbocycles. The van der Waals surface area contributed by atoms with E-state index in [1.807, 2.05) is 0 Å². The third-order valence-electron chi connectivity index (χ3n) is 2.61. The fourth-order valence-electron chi connectivity index (χ4n) is 1.63. The molecule has 2 aromatic rings. The van der Waals surface area contributed by atoms with Crippen LogP contribution in [0.3, 0.4) is 0 Å². The number of rotatable bonds is 6. The van der Waals surface area contributed by atoms with E-state index in [9.17, 15) is 8.42 Å². The number of nitrogens with zero attached hydrogens (tertiary/aromatic N) is 3. The highest BCUT2D eigenvalue weighted by Gasteiger charge is 2.09. The molecule has 1 heterocycles. The van der Waals surface area contributed by atoms with Crippen LogP contribution in [0, 0.1) is 0 Å². The Labute approximate surface area is 118 Å². The molecule has 0 aliphatic carbocycles. The lowest BCUT2D eigenvalue weighted by molar-refractivity contribution is 0.601. The summed E-state index contributed by atoms with van der Waals surface area (Å²) in [4.78, 5) is 4.13. The van der Waals surface area contributed by atoms with Gasteiger partial charge in [-0.15, -0.1) is 6.58 Å². The number of aryl methyl sites for hydroxylation is 1. The smallest absolute Gasteiger partial charge is 0.233 e. The van der Waals surface area contributed by atoms with Crippen LogP contribution >= 0.6 is 0 Å². The van der Waals surface area contributed by atoms with Gasteiger partial charge in [0.1, 0.15) is 6.33 Å². The molecule has 0 unspecified atom stereocenters. The molecular formula is C13H16N4O2S. The lowest BCUT2D eigenvalue weighted by Gasteiger charge is -2.07. The zero-order chi connectivity index (χ0) is 14.6. The molecule has 20 heavy (non-hydrogen) atoms. The van der Waals surface area contributed by atoms with Crippen molar-refractivity contribution in [2.75, 3.05) is 10.5 Å². The van der Waals surface area contributed by atoms with Gasteiger partial charge in [0.05, 0.1) is 5.75 Å². The first kappa shape index (κ1) is 14.3. The summed E-state index contributed by atoms with van der Waals surface area (Å²) in [7, 11) is -1.54. The highest BCUT2D eigenvalue weighted by Crippen LogP contribution is 2.18. The van der Waals surface area contributed by atoms with Gasteiger partial charge in [0.25, 0.3) is 0 Å². The highest BCUT2D eigenvalue weighted by molar-refractivity contribution is 7.92. The molecular weight excluding hydrogens is 276 g/mol. The second-order valence-electron chi connectivity index (χ2n) is 4.32. The van der Waals surface area contributed by atoms with Crippen LogP contribution in [0.1, 0.15) is 6.42 Å². The first-order valence-corrected chi connectivity index (χ1v) is 7.73. The maximum absolute atomic E-state index is 11.7. The van der Waals surface area contributed by atoms with Gasteiger partial charge in [0.2, 0.25) is 10.0 Å². The van der Waals surface area contributed by atoms with E-state index in [0.717, 1.165) is 5.56 Å². The van der Waals surface area contributed by atoms with Crippen LogP contribution in [0.4, 0.5) is 5.69 Å². The number of nitrogens with one attached hydrogen (secondary N) is 1. The van der Waals surface area contributed by atoms with Crippen molar-refractivity contribution in [3.8, 4) is 11.4 Å². The number of aromatic nitrogens is 3. The van der Waals surface area contributed by atoms with E-state index in [1.165, 1.54) is 0 Å². The fraction of sp³-hybridized carbons (Fsp3) is 0.231. The predicted molar refractivity (Wildman–Crippen MR) is 78.7 cm³/mol. The van der Waals surface area contributed by atoms with Crippen LogP contribution in [0.2, 0.25) is 0 Å². The minimum atomic E-state index is -3.33. The summed E-state index contributed by atoms with van der Waals surface area (Å²) >= 11 is 0. The molecule has 0 saturated carbocycles. The summed E-state index contributed by atoms with van der Waals surface area (Å²) in [5.74, 6) is 0.633. The summed E-state index contributed by atoms with van der Waals surface area (Å²) in [5.41, 5.74) is 1.35. The number of allylic oxidation sites excluding steroid dienone is 1. The molecule has 0 aliphatic heterocycles. The van der Waals surface area contributed by atoms with Gasteiger partial charge in [-0.2, -0.15) is 5.10 Å². The second kappa shape index (κ2) is 5.87. The molecule has 2 rings (SSSR count). The van der Waals surface area contributed by atoms with Crippen LogP contribution in [0.5, 0.6) is 0 Å². The van der Waals surface area contributed by atoms with Crippen LogP contribution < -0.4 is 4.72 Å². The number of anilines is 1. The summed E-state index contributed by atoms with van der Waals surface area (Å²) in [6.45, 7) is 3.51. The average molecular weight is 292 g/mol. The van der Waals surface area contributed by atoms with Crippen LogP contribution in [0.25, 0.3) is 11.4 Å². The molecule has 0 bridgehead atoms. The minimum absolute atomic E-state index is 0.0278. The maximum atomic E-state index is 11.7. The Kier molecular flexibility index (Phi) is 4.19. The molecule has 7 heteroatoms. The summed E-state index contributed by atoms with van der Waals surface area (Å²) < 4.78 is 27.6. The Morgan fingerprint density at radius 2 is 2.05 bits per heavy atom. The molecule has 0 saturated heterocycles. The number of hydrogen-bond donors (Lipinski definition) is 1. The number of sulfonamides is 1. The molecule has 1 aromatic heterocycles. The molecule has 0 fully saturated rings. The zero-order valence-electron chi connectivity index (χ0n) is 11.2. The van der Waals surface area contributed by atoms with E-state index >= 15 is 0 Å². The van der Waals surface area contributed by atoms with E-state index in [4.69, 9.17) is 0 Å². The van der Waals surface area contributed by atoms with Crippen molar-refractivity contribution in [2.24, 2.45) is 7.05 Å². The first-order valence-electron chi connectivity index (χ1n) is 6.07. The molecule has 0 atom stereocenters. The van der Waals surface area contributed by atoms with Crippen LogP contribution in [-0.2, 0) is 17.1 Å². The van der Waals surface area contributed by atoms with Crippen molar-refractivity contribution in [3.05, 3.63) is 43.2 Å². The number of benzene rings is 1. The van der Waals surface area contributed by atoms with Gasteiger partial charge in [-0.3, -0.25) is 9.40 Å². The molecule has 0 radical (unpaired) electrons. The van der Waals surface area contributed by atoms with Crippen molar-refractivity contribution >= 4 is 15.7 Å². The maximum Gasteiger partial charge on any atom is 0.233 e. The third kappa shape index (κ3) is 3.67. The zero-order valence-corrected chi connectivity index (χ0v) is 12.0. The third-order valence-corrected chi connectivity index (χ3v) is 3.93. The standard InChI is InChI=1S/C13H16N4O2S/c1-3-4-9-20(18,19)16-12-7-5-11(6-8-12)13-14-10-17(2)15-13/h3,5-8,10,16H,1,4,9H2,2H3. The summed E-state index contributed by atoms with van der Waals surface area (Å²) in [6, 6.07) is 6.94. The van der Waals surface area contributed by atoms with Crippen molar-refractivity contribution < 1.29 is 8.42 Å². The SMILES string of the molecule is C=CCCS(=O)(=O)Nc1ccc(-c2ncn(C)n2)cc1. The second-order valence-corrected chi connectivity index (χ2v) is 6.16. The van der Waals surface area contributed by atoms with Gasteiger partial charge >= 0.3 is 0 Å². The Hall–Kier alpha value is -2.15. The van der Waals surface area contributed by atoms with Crippen LogP contribution in [-0.4, -0.2) is 28.9 Å². The van der Waals surface area contributed by atoms with Crippen LogP contribution in [0.15, 0.2) is 43.2 Å². The van der Waals surface area contributed by atoms with Crippen molar-refractivity contribution in [3.63, 3.8) is 0 Å². The highest BCUT2D eigenvalue weighted by atomic mass is 32.2. The monoisotopic (exact) mass is 292 g/mol. The van der Waals surface area contributed by atoms with Gasteiger partial charge < -0.3 is 0 Å².